The molecule has 2 aromatic heterocycles. The number of hydrogen-bond acceptors (Lipinski definition) is 5. The zero-order valence-electron chi connectivity index (χ0n) is 16.9. The van der Waals surface area contributed by atoms with Crippen LogP contribution in [0.5, 0.6) is 11.8 Å². The monoisotopic (exact) mass is 395 g/mol. The van der Waals surface area contributed by atoms with E-state index in [0.717, 1.165) is 34.3 Å². The first-order valence-corrected chi connectivity index (χ1v) is 9.92. The van der Waals surface area contributed by atoms with Crippen LogP contribution in [0, 0.1) is 5.92 Å². The molecule has 2 heterocycles. The van der Waals surface area contributed by atoms with Crippen LogP contribution in [0.25, 0.3) is 22.2 Å². The molecule has 0 spiro atoms. The summed E-state index contributed by atoms with van der Waals surface area (Å²) < 4.78 is 13.1. The van der Waals surface area contributed by atoms with Crippen molar-refractivity contribution in [3.8, 4) is 22.9 Å². The molecule has 0 unspecified atom stereocenters. The van der Waals surface area contributed by atoms with E-state index in [9.17, 15) is 9.59 Å². The summed E-state index contributed by atoms with van der Waals surface area (Å²) in [6, 6.07) is 6.31. The highest BCUT2D eigenvalue weighted by Gasteiger charge is 2.26. The van der Waals surface area contributed by atoms with E-state index in [1.807, 2.05) is 19.1 Å². The molecule has 1 aliphatic carbocycles. The Morgan fingerprint density at radius 3 is 2.72 bits per heavy atom. The highest BCUT2D eigenvalue weighted by molar-refractivity contribution is 5.90. The molecule has 1 fully saturated rings. The molecule has 0 aliphatic heterocycles. The van der Waals surface area contributed by atoms with Crippen LogP contribution in [0.2, 0.25) is 0 Å². The van der Waals surface area contributed by atoms with Crippen LogP contribution in [0.15, 0.2) is 29.2 Å². The Morgan fingerprint density at radius 1 is 1.28 bits per heavy atom. The van der Waals surface area contributed by atoms with Crippen molar-refractivity contribution in [1.82, 2.24) is 14.5 Å². The fourth-order valence-corrected chi connectivity index (χ4v) is 3.60. The number of imidazole rings is 1. The number of aromatic nitrogens is 3. The molecule has 1 aromatic carbocycles. The van der Waals surface area contributed by atoms with Gasteiger partial charge in [-0.3, -0.25) is 14.2 Å². The standard InChI is InChI=1S/C22H25N3O4/c1-4-29-22-24-20-16(7-13(2)26)8-15(9-18(20)25(22)12-14-5-6-14)17-10-19(28-3)21(27)23-11-17/h8-11,14H,4-7,12H2,1-3H3,(H,23,27). The summed E-state index contributed by atoms with van der Waals surface area (Å²) in [6.07, 6.45) is 4.37. The van der Waals surface area contributed by atoms with Gasteiger partial charge in [0, 0.05) is 24.7 Å². The zero-order valence-corrected chi connectivity index (χ0v) is 16.9. The van der Waals surface area contributed by atoms with Gasteiger partial charge in [0.25, 0.3) is 11.6 Å². The van der Waals surface area contributed by atoms with Crippen molar-refractivity contribution in [2.24, 2.45) is 5.92 Å². The normalized spacial score (nSPS) is 13.6. The maximum atomic E-state index is 11.9. The van der Waals surface area contributed by atoms with Crippen molar-refractivity contribution < 1.29 is 14.3 Å². The van der Waals surface area contributed by atoms with E-state index in [1.54, 1.807) is 19.2 Å². The summed E-state index contributed by atoms with van der Waals surface area (Å²) >= 11 is 0. The second-order valence-corrected chi connectivity index (χ2v) is 7.55. The topological polar surface area (TPSA) is 86.2 Å². The van der Waals surface area contributed by atoms with E-state index in [4.69, 9.17) is 14.5 Å². The summed E-state index contributed by atoms with van der Waals surface area (Å²) in [4.78, 5) is 31.2. The Hall–Kier alpha value is -3.09. The third-order valence-electron chi connectivity index (χ3n) is 5.17. The minimum absolute atomic E-state index is 0.0669. The van der Waals surface area contributed by atoms with E-state index >= 15 is 0 Å². The lowest BCUT2D eigenvalue weighted by atomic mass is 10.00. The SMILES string of the molecule is CCOc1nc2c(CC(C)=O)cc(-c3c[nH]c(=O)c(OC)c3)cc2n1CC1CC1. The Morgan fingerprint density at radius 2 is 2.07 bits per heavy atom. The van der Waals surface area contributed by atoms with Crippen molar-refractivity contribution in [3.63, 3.8) is 0 Å². The Bertz CT molecular complexity index is 1130. The fourth-order valence-electron chi connectivity index (χ4n) is 3.60. The van der Waals surface area contributed by atoms with Crippen LogP contribution in [0.3, 0.4) is 0 Å². The molecule has 3 aromatic rings. The van der Waals surface area contributed by atoms with Crippen LogP contribution in [0.1, 0.15) is 32.3 Å². The molecular formula is C22H25N3O4. The van der Waals surface area contributed by atoms with Gasteiger partial charge in [-0.2, -0.15) is 4.98 Å². The molecule has 1 saturated carbocycles. The molecule has 4 rings (SSSR count). The van der Waals surface area contributed by atoms with E-state index in [1.165, 1.54) is 20.0 Å². The van der Waals surface area contributed by atoms with Crippen LogP contribution in [0.4, 0.5) is 0 Å². The number of Topliss-reactive ketones (excluding diaryl/α,β-unsaturated/α-hetero) is 1. The molecule has 1 N–H and O–H groups in total. The molecule has 152 valence electrons. The fraction of sp³-hybridized carbons (Fsp3) is 0.409. The maximum absolute atomic E-state index is 11.9. The third-order valence-corrected chi connectivity index (χ3v) is 5.17. The van der Waals surface area contributed by atoms with Gasteiger partial charge < -0.3 is 14.5 Å². The summed E-state index contributed by atoms with van der Waals surface area (Å²) in [6.45, 7) is 4.89. The number of rotatable bonds is 8. The highest BCUT2D eigenvalue weighted by atomic mass is 16.5. The Kier molecular flexibility index (Phi) is 5.13. The zero-order chi connectivity index (χ0) is 20.5. The Labute approximate surface area is 168 Å². The van der Waals surface area contributed by atoms with Crippen molar-refractivity contribution in [3.05, 3.63) is 40.3 Å². The first kappa shape index (κ1) is 19.2. The van der Waals surface area contributed by atoms with E-state index in [0.29, 0.717) is 18.5 Å². The number of nitrogens with one attached hydrogen (secondary N) is 1. The number of aromatic amines is 1. The largest absolute Gasteiger partial charge is 0.491 e. The second kappa shape index (κ2) is 7.73. The predicted octanol–water partition coefficient (Wildman–Crippen LogP) is 3.34. The van der Waals surface area contributed by atoms with Gasteiger partial charge in [0.2, 0.25) is 0 Å². The van der Waals surface area contributed by atoms with Crippen LogP contribution in [-0.4, -0.2) is 34.0 Å². The number of fused-ring (bicyclic) bond motifs is 1. The summed E-state index contributed by atoms with van der Waals surface area (Å²) in [5.41, 5.74) is 4.02. The molecule has 29 heavy (non-hydrogen) atoms. The van der Waals surface area contributed by atoms with Gasteiger partial charge in [-0.25, -0.2) is 0 Å². The molecular weight excluding hydrogens is 370 g/mol. The molecule has 0 atom stereocenters. The number of ketones is 1. The number of pyridine rings is 1. The average molecular weight is 395 g/mol. The summed E-state index contributed by atoms with van der Waals surface area (Å²) in [5, 5.41) is 0. The number of methoxy groups -OCH3 is 1. The molecule has 1 aliphatic rings. The number of benzene rings is 1. The van der Waals surface area contributed by atoms with E-state index in [-0.39, 0.29) is 23.5 Å². The average Bonchev–Trinajstić information content (AvgIpc) is 3.44. The van der Waals surface area contributed by atoms with Crippen LogP contribution in [-0.2, 0) is 17.8 Å². The highest BCUT2D eigenvalue weighted by Crippen LogP contribution is 2.36. The lowest BCUT2D eigenvalue weighted by Crippen LogP contribution is -2.08. The molecule has 7 nitrogen and oxygen atoms in total. The lowest BCUT2D eigenvalue weighted by Gasteiger charge is -2.11. The van der Waals surface area contributed by atoms with Crippen molar-refractivity contribution in [1.29, 1.82) is 0 Å². The van der Waals surface area contributed by atoms with Gasteiger partial charge >= 0.3 is 0 Å². The maximum Gasteiger partial charge on any atom is 0.297 e. The number of hydrogen-bond donors (Lipinski definition) is 1. The van der Waals surface area contributed by atoms with E-state index < -0.39 is 0 Å². The molecule has 0 saturated heterocycles. The molecule has 0 radical (unpaired) electrons. The van der Waals surface area contributed by atoms with Gasteiger partial charge in [0.1, 0.15) is 5.78 Å². The van der Waals surface area contributed by atoms with Crippen molar-refractivity contribution >= 4 is 16.8 Å². The van der Waals surface area contributed by atoms with Crippen LogP contribution < -0.4 is 15.0 Å². The lowest BCUT2D eigenvalue weighted by molar-refractivity contribution is -0.116. The van der Waals surface area contributed by atoms with Gasteiger partial charge in [-0.15, -0.1) is 0 Å². The first-order valence-electron chi connectivity index (χ1n) is 9.92. The van der Waals surface area contributed by atoms with Gasteiger partial charge in [-0.05, 0) is 61.9 Å². The molecule has 0 amide bonds. The predicted molar refractivity (Wildman–Crippen MR) is 111 cm³/mol. The number of H-pyrrole nitrogens is 1. The second-order valence-electron chi connectivity index (χ2n) is 7.55. The van der Waals surface area contributed by atoms with Crippen molar-refractivity contribution in [2.75, 3.05) is 13.7 Å². The summed E-state index contributed by atoms with van der Waals surface area (Å²) in [5.74, 6) is 0.953. The van der Waals surface area contributed by atoms with Crippen LogP contribution >= 0.6 is 0 Å². The third kappa shape index (κ3) is 3.90. The quantitative estimate of drug-likeness (QED) is 0.632. The number of ether oxygens (including phenoxy) is 2. The van der Waals surface area contributed by atoms with E-state index in [2.05, 4.69) is 9.55 Å². The van der Waals surface area contributed by atoms with Gasteiger partial charge in [0.15, 0.2) is 5.75 Å². The summed E-state index contributed by atoms with van der Waals surface area (Å²) in [7, 11) is 1.47. The van der Waals surface area contributed by atoms with Crippen molar-refractivity contribution in [2.45, 2.75) is 39.7 Å². The molecule has 7 heteroatoms. The first-order chi connectivity index (χ1) is 14.0. The Balaban J connectivity index is 1.93. The van der Waals surface area contributed by atoms with Gasteiger partial charge in [0.05, 0.1) is 24.8 Å². The number of carbonyl (C=O) groups excluding carboxylic acids is 1. The number of carbonyl (C=O) groups is 1. The minimum atomic E-state index is -0.279. The molecule has 0 bridgehead atoms. The smallest absolute Gasteiger partial charge is 0.297 e. The van der Waals surface area contributed by atoms with Gasteiger partial charge in [-0.1, -0.05) is 0 Å². The number of nitrogens with zero attached hydrogens (tertiary/aromatic N) is 2. The minimum Gasteiger partial charge on any atom is -0.491 e.